The number of halogens is 1. The van der Waals surface area contributed by atoms with Crippen molar-refractivity contribution in [1.82, 2.24) is 19.9 Å². The van der Waals surface area contributed by atoms with Crippen LogP contribution in [-0.2, 0) is 16.0 Å². The number of nitrogens with zero attached hydrogens (tertiary/aromatic N) is 3. The number of aromatic nitrogens is 3. The first-order chi connectivity index (χ1) is 16.4. The largest absolute Gasteiger partial charge is 0.363 e. The fraction of sp³-hybridized carbons (Fsp3) is 0.0800. The molecule has 1 atom stereocenters. The normalized spacial score (nSPS) is 11.6. The summed E-state index contributed by atoms with van der Waals surface area (Å²) in [6.07, 6.45) is 4.88. The second-order valence-electron chi connectivity index (χ2n) is 7.46. The smallest absolute Gasteiger partial charge is 0.287 e. The maximum absolute atomic E-state index is 13.2. The number of nitrogens with one attached hydrogen (secondary N) is 1. The molecular weight excluding hydrogens is 454 g/mol. The number of nitrogens with two attached hydrogens (primary N) is 1. The Hall–Kier alpha value is -4.30. The van der Waals surface area contributed by atoms with Crippen LogP contribution in [0.15, 0.2) is 85.5 Å². The average molecular weight is 474 g/mol. The van der Waals surface area contributed by atoms with Crippen LogP contribution in [0.3, 0.4) is 0 Å². The highest BCUT2D eigenvalue weighted by Gasteiger charge is 2.27. The standard InChI is InChI=1S/C25H20ClN5O3/c26-19-11-5-4-9-17(19)21-14-31(15-29-21)24-18(10-6-12-28-24)25(34)30-20(22(32)23(27)33)13-16-7-2-1-3-8-16/h1-12,14-15,20H,13H2,(H2,27,33)(H,30,34). The second-order valence-corrected chi connectivity index (χ2v) is 7.87. The number of rotatable bonds is 8. The van der Waals surface area contributed by atoms with E-state index in [1.165, 1.54) is 12.5 Å². The summed E-state index contributed by atoms with van der Waals surface area (Å²) >= 11 is 6.28. The topological polar surface area (TPSA) is 120 Å². The fourth-order valence-electron chi connectivity index (χ4n) is 3.49. The Morgan fingerprint density at radius 1 is 0.971 bits per heavy atom. The maximum Gasteiger partial charge on any atom is 0.287 e. The summed E-state index contributed by atoms with van der Waals surface area (Å²) < 4.78 is 1.59. The van der Waals surface area contributed by atoms with Crippen LogP contribution in [0.5, 0.6) is 0 Å². The van der Waals surface area contributed by atoms with E-state index >= 15 is 0 Å². The Bertz CT molecular complexity index is 1350. The van der Waals surface area contributed by atoms with E-state index in [9.17, 15) is 14.4 Å². The average Bonchev–Trinajstić information content (AvgIpc) is 3.34. The molecule has 4 rings (SSSR count). The van der Waals surface area contributed by atoms with Crippen LogP contribution in [-0.4, -0.2) is 38.2 Å². The number of hydrogen-bond acceptors (Lipinski definition) is 5. The van der Waals surface area contributed by atoms with Gasteiger partial charge in [0, 0.05) is 24.4 Å². The SMILES string of the molecule is NC(=O)C(=O)C(Cc1ccccc1)NC(=O)c1cccnc1-n1cnc(-c2ccccc2Cl)c1. The molecule has 0 saturated carbocycles. The predicted octanol–water partition coefficient (Wildman–Crippen LogP) is 2.98. The van der Waals surface area contributed by atoms with Gasteiger partial charge < -0.3 is 11.1 Å². The number of ketones is 1. The minimum Gasteiger partial charge on any atom is -0.363 e. The zero-order chi connectivity index (χ0) is 24.1. The molecule has 0 bridgehead atoms. The van der Waals surface area contributed by atoms with Crippen LogP contribution in [0.2, 0.25) is 5.02 Å². The Kier molecular flexibility index (Phi) is 6.79. The number of amides is 2. The molecule has 170 valence electrons. The van der Waals surface area contributed by atoms with E-state index < -0.39 is 23.6 Å². The summed E-state index contributed by atoms with van der Waals surface area (Å²) in [5.74, 6) is -2.28. The molecule has 34 heavy (non-hydrogen) atoms. The first-order valence-electron chi connectivity index (χ1n) is 10.4. The number of hydrogen-bond donors (Lipinski definition) is 2. The molecule has 9 heteroatoms. The van der Waals surface area contributed by atoms with Crippen LogP contribution in [0.25, 0.3) is 17.1 Å². The highest BCUT2D eigenvalue weighted by atomic mass is 35.5. The highest BCUT2D eigenvalue weighted by molar-refractivity contribution is 6.38. The van der Waals surface area contributed by atoms with Crippen LogP contribution in [0.1, 0.15) is 15.9 Å². The molecule has 0 saturated heterocycles. The van der Waals surface area contributed by atoms with Gasteiger partial charge in [-0.3, -0.25) is 19.0 Å². The lowest BCUT2D eigenvalue weighted by Crippen LogP contribution is -2.47. The first-order valence-corrected chi connectivity index (χ1v) is 10.7. The summed E-state index contributed by atoms with van der Waals surface area (Å²) in [7, 11) is 0. The monoisotopic (exact) mass is 473 g/mol. The molecule has 2 amide bonds. The van der Waals surface area contributed by atoms with E-state index in [1.807, 2.05) is 24.3 Å². The van der Waals surface area contributed by atoms with Crippen LogP contribution < -0.4 is 11.1 Å². The highest BCUT2D eigenvalue weighted by Crippen LogP contribution is 2.26. The summed E-state index contributed by atoms with van der Waals surface area (Å²) in [5.41, 5.74) is 7.53. The summed E-state index contributed by atoms with van der Waals surface area (Å²) in [6, 6.07) is 18.4. The van der Waals surface area contributed by atoms with Crippen LogP contribution >= 0.6 is 11.6 Å². The van der Waals surface area contributed by atoms with Crippen molar-refractivity contribution in [3.05, 3.63) is 102 Å². The Morgan fingerprint density at radius 3 is 2.44 bits per heavy atom. The molecule has 0 aliphatic rings. The van der Waals surface area contributed by atoms with E-state index in [-0.39, 0.29) is 12.0 Å². The zero-order valence-electron chi connectivity index (χ0n) is 17.9. The lowest BCUT2D eigenvalue weighted by Gasteiger charge is -2.17. The van der Waals surface area contributed by atoms with Gasteiger partial charge in [-0.25, -0.2) is 9.97 Å². The molecule has 8 nitrogen and oxygen atoms in total. The Balaban J connectivity index is 1.63. The minimum absolute atomic E-state index is 0.117. The van der Waals surface area contributed by atoms with Crippen molar-refractivity contribution < 1.29 is 14.4 Å². The Labute approximate surface area is 200 Å². The van der Waals surface area contributed by atoms with Crippen LogP contribution in [0.4, 0.5) is 0 Å². The Morgan fingerprint density at radius 2 is 1.71 bits per heavy atom. The van der Waals surface area contributed by atoms with Crippen molar-refractivity contribution in [1.29, 1.82) is 0 Å². The first kappa shape index (κ1) is 22.9. The molecule has 2 heterocycles. The number of primary amides is 1. The van der Waals surface area contributed by atoms with Crippen molar-refractivity contribution in [2.45, 2.75) is 12.5 Å². The number of pyridine rings is 1. The third-order valence-electron chi connectivity index (χ3n) is 5.16. The molecule has 4 aromatic rings. The van der Waals surface area contributed by atoms with Crippen molar-refractivity contribution in [2.24, 2.45) is 5.73 Å². The molecule has 0 aliphatic carbocycles. The van der Waals surface area contributed by atoms with Gasteiger partial charge in [0.05, 0.1) is 16.3 Å². The lowest BCUT2D eigenvalue weighted by atomic mass is 10.0. The molecular formula is C25H20ClN5O3. The molecule has 0 aliphatic heterocycles. The van der Waals surface area contributed by atoms with E-state index in [0.29, 0.717) is 16.5 Å². The van der Waals surface area contributed by atoms with E-state index in [4.69, 9.17) is 17.3 Å². The van der Waals surface area contributed by atoms with E-state index in [0.717, 1.165) is 11.1 Å². The lowest BCUT2D eigenvalue weighted by molar-refractivity contribution is -0.137. The molecule has 0 spiro atoms. The number of Topliss-reactive ketones (excluding diaryl/α,β-unsaturated/α-hetero) is 1. The molecule has 0 fully saturated rings. The number of carbonyl (C=O) groups excluding carboxylic acids is 3. The molecule has 2 aromatic carbocycles. The third-order valence-corrected chi connectivity index (χ3v) is 5.49. The van der Waals surface area contributed by atoms with Gasteiger partial charge in [-0.2, -0.15) is 0 Å². The van der Waals surface area contributed by atoms with E-state index in [2.05, 4.69) is 15.3 Å². The van der Waals surface area contributed by atoms with Gasteiger partial charge in [-0.15, -0.1) is 0 Å². The fourth-order valence-corrected chi connectivity index (χ4v) is 3.73. The molecule has 3 N–H and O–H groups in total. The molecule has 1 unspecified atom stereocenters. The van der Waals surface area contributed by atoms with Crippen molar-refractivity contribution in [2.75, 3.05) is 0 Å². The van der Waals surface area contributed by atoms with Gasteiger partial charge in [0.15, 0.2) is 5.82 Å². The predicted molar refractivity (Wildman–Crippen MR) is 127 cm³/mol. The van der Waals surface area contributed by atoms with Gasteiger partial charge in [-0.1, -0.05) is 60.1 Å². The number of benzene rings is 2. The van der Waals surface area contributed by atoms with Crippen molar-refractivity contribution >= 4 is 29.2 Å². The molecule has 0 radical (unpaired) electrons. The maximum atomic E-state index is 13.2. The molecule has 2 aromatic heterocycles. The van der Waals surface area contributed by atoms with E-state index in [1.54, 1.807) is 53.2 Å². The summed E-state index contributed by atoms with van der Waals surface area (Å²) in [6.45, 7) is 0. The summed E-state index contributed by atoms with van der Waals surface area (Å²) in [4.78, 5) is 45.9. The number of carbonyl (C=O) groups is 3. The van der Waals surface area contributed by atoms with Gasteiger partial charge >= 0.3 is 0 Å². The van der Waals surface area contributed by atoms with Gasteiger partial charge in [0.2, 0.25) is 5.78 Å². The zero-order valence-corrected chi connectivity index (χ0v) is 18.6. The van der Waals surface area contributed by atoms with Gasteiger partial charge in [0.25, 0.3) is 11.8 Å². The summed E-state index contributed by atoms with van der Waals surface area (Å²) in [5, 5.41) is 3.18. The quantitative estimate of drug-likeness (QED) is 0.381. The van der Waals surface area contributed by atoms with Crippen molar-refractivity contribution in [3.8, 4) is 17.1 Å². The third kappa shape index (κ3) is 5.02. The number of imidazole rings is 1. The van der Waals surface area contributed by atoms with Crippen molar-refractivity contribution in [3.63, 3.8) is 0 Å². The van der Waals surface area contributed by atoms with Gasteiger partial charge in [-0.05, 0) is 23.8 Å². The minimum atomic E-state index is -1.12. The van der Waals surface area contributed by atoms with Gasteiger partial charge in [0.1, 0.15) is 12.4 Å². The second kappa shape index (κ2) is 10.1. The van der Waals surface area contributed by atoms with Crippen LogP contribution in [0, 0.1) is 0 Å².